The smallest absolute Gasteiger partial charge is 0.179 e. The fourth-order valence-electron chi connectivity index (χ4n) is 2.35. The lowest BCUT2D eigenvalue weighted by Crippen LogP contribution is -1.98. The summed E-state index contributed by atoms with van der Waals surface area (Å²) in [5.74, 6) is 2.33. The van der Waals surface area contributed by atoms with Gasteiger partial charge in [0.15, 0.2) is 5.65 Å². The van der Waals surface area contributed by atoms with Gasteiger partial charge in [0.05, 0.1) is 12.2 Å². The second kappa shape index (κ2) is 5.15. The molecule has 1 fully saturated rings. The van der Waals surface area contributed by atoms with Crippen LogP contribution in [0.4, 0.5) is 0 Å². The van der Waals surface area contributed by atoms with Gasteiger partial charge in [0.25, 0.3) is 0 Å². The fourth-order valence-corrected chi connectivity index (χ4v) is 2.35. The third kappa shape index (κ3) is 2.40. The van der Waals surface area contributed by atoms with Gasteiger partial charge >= 0.3 is 0 Å². The summed E-state index contributed by atoms with van der Waals surface area (Å²) in [6, 6.07) is 11.6. The summed E-state index contributed by atoms with van der Waals surface area (Å²) in [4.78, 5) is 11.8. The molecule has 4 rings (SSSR count). The highest BCUT2D eigenvalue weighted by molar-refractivity contribution is 5.81. The number of hydrogen-bond donors (Lipinski definition) is 1. The highest BCUT2D eigenvalue weighted by Gasteiger charge is 2.21. The number of aromatic nitrogens is 3. The van der Waals surface area contributed by atoms with Crippen LogP contribution in [0.3, 0.4) is 0 Å². The molecule has 0 atom stereocenters. The average molecular weight is 290 g/mol. The number of hydrogen-bond acceptors (Lipinski definition) is 4. The number of nitrogens with one attached hydrogen (secondary N) is 1. The van der Waals surface area contributed by atoms with Crippen LogP contribution < -0.4 is 4.74 Å². The van der Waals surface area contributed by atoms with Crippen LogP contribution in [0.1, 0.15) is 18.4 Å². The van der Waals surface area contributed by atoms with Crippen molar-refractivity contribution in [3.05, 3.63) is 42.1 Å². The lowest BCUT2D eigenvalue weighted by Gasteiger charge is -2.05. The Hall–Kier alpha value is -2.87. The second-order valence-corrected chi connectivity index (χ2v) is 5.53. The number of ether oxygens (including phenoxy) is 1. The molecule has 0 radical (unpaired) electrons. The van der Waals surface area contributed by atoms with Gasteiger partial charge in [0.1, 0.15) is 23.2 Å². The predicted octanol–water partition coefficient (Wildman–Crippen LogP) is 3.29. The van der Waals surface area contributed by atoms with Gasteiger partial charge in [-0.05, 0) is 49.1 Å². The van der Waals surface area contributed by atoms with Crippen LogP contribution in [0.25, 0.3) is 22.6 Å². The Bertz CT molecular complexity index is 856. The largest absolute Gasteiger partial charge is 0.493 e. The molecule has 0 bridgehead atoms. The molecular weight excluding hydrogens is 276 g/mol. The molecule has 0 unspecified atom stereocenters. The molecule has 3 aromatic rings. The van der Waals surface area contributed by atoms with Crippen molar-refractivity contribution in [1.29, 1.82) is 5.26 Å². The molecule has 5 heteroatoms. The second-order valence-electron chi connectivity index (χ2n) is 5.53. The van der Waals surface area contributed by atoms with Crippen molar-refractivity contribution in [2.45, 2.75) is 12.8 Å². The van der Waals surface area contributed by atoms with Crippen molar-refractivity contribution in [2.24, 2.45) is 5.92 Å². The summed E-state index contributed by atoms with van der Waals surface area (Å²) in [6.07, 6.45) is 4.16. The summed E-state index contributed by atoms with van der Waals surface area (Å²) in [7, 11) is 0. The highest BCUT2D eigenvalue weighted by atomic mass is 16.5. The first-order chi connectivity index (χ1) is 10.8. The quantitative estimate of drug-likeness (QED) is 0.800. The van der Waals surface area contributed by atoms with Gasteiger partial charge in [-0.25, -0.2) is 9.97 Å². The average Bonchev–Trinajstić information content (AvgIpc) is 3.29. The van der Waals surface area contributed by atoms with Crippen LogP contribution in [-0.2, 0) is 0 Å². The van der Waals surface area contributed by atoms with Crippen molar-refractivity contribution in [3.63, 3.8) is 0 Å². The SMILES string of the molecule is N#Cc1ccnc2nc(-c3ccc(OCC4CC4)cc3)[nH]c12. The van der Waals surface area contributed by atoms with Gasteiger partial charge in [0, 0.05) is 11.8 Å². The molecule has 0 spiro atoms. The number of nitrogens with zero attached hydrogens (tertiary/aromatic N) is 3. The number of H-pyrrole nitrogens is 1. The standard InChI is InChI=1S/C17H14N4O/c18-9-13-7-8-19-17-15(13)20-16(21-17)12-3-5-14(6-4-12)22-10-11-1-2-11/h3-8,11H,1-2,10H2,(H,19,20,21). The number of imidazole rings is 1. The minimum absolute atomic E-state index is 0.549. The molecule has 1 saturated carbocycles. The first kappa shape index (κ1) is 12.8. The van der Waals surface area contributed by atoms with E-state index in [1.165, 1.54) is 12.8 Å². The van der Waals surface area contributed by atoms with Crippen LogP contribution in [0.15, 0.2) is 36.5 Å². The summed E-state index contributed by atoms with van der Waals surface area (Å²) in [6.45, 7) is 0.805. The van der Waals surface area contributed by atoms with Gasteiger partial charge in [0.2, 0.25) is 0 Å². The van der Waals surface area contributed by atoms with E-state index in [1.54, 1.807) is 12.3 Å². The predicted molar refractivity (Wildman–Crippen MR) is 82.3 cm³/mol. The van der Waals surface area contributed by atoms with Gasteiger partial charge in [-0.3, -0.25) is 0 Å². The van der Waals surface area contributed by atoms with E-state index in [0.717, 1.165) is 23.8 Å². The van der Waals surface area contributed by atoms with Gasteiger partial charge in [-0.2, -0.15) is 5.26 Å². The van der Waals surface area contributed by atoms with E-state index in [4.69, 9.17) is 10.00 Å². The summed E-state index contributed by atoms with van der Waals surface area (Å²) >= 11 is 0. The number of aromatic amines is 1. The first-order valence-electron chi connectivity index (χ1n) is 7.31. The Balaban J connectivity index is 1.62. The maximum Gasteiger partial charge on any atom is 0.179 e. The molecule has 2 heterocycles. The molecule has 0 aliphatic heterocycles. The zero-order chi connectivity index (χ0) is 14.9. The van der Waals surface area contributed by atoms with Gasteiger partial charge in [-0.15, -0.1) is 0 Å². The summed E-state index contributed by atoms with van der Waals surface area (Å²) < 4.78 is 5.73. The Morgan fingerprint density at radius 1 is 1.23 bits per heavy atom. The van der Waals surface area contributed by atoms with Crippen molar-refractivity contribution < 1.29 is 4.74 Å². The highest BCUT2D eigenvalue weighted by Crippen LogP contribution is 2.30. The number of benzene rings is 1. The first-order valence-corrected chi connectivity index (χ1v) is 7.31. The van der Waals surface area contributed by atoms with Gasteiger partial charge < -0.3 is 9.72 Å². The van der Waals surface area contributed by atoms with Gasteiger partial charge in [-0.1, -0.05) is 0 Å². The monoisotopic (exact) mass is 290 g/mol. The fraction of sp³-hybridized carbons (Fsp3) is 0.235. The topological polar surface area (TPSA) is 74.6 Å². The number of rotatable bonds is 4. The molecule has 1 N–H and O–H groups in total. The maximum absolute atomic E-state index is 9.12. The van der Waals surface area contributed by atoms with Crippen LogP contribution in [0.2, 0.25) is 0 Å². The molecule has 1 aromatic carbocycles. The summed E-state index contributed by atoms with van der Waals surface area (Å²) in [5, 5.41) is 9.12. The van der Waals surface area contributed by atoms with Crippen LogP contribution in [0, 0.1) is 17.2 Å². The Kier molecular flexibility index (Phi) is 3.01. The minimum Gasteiger partial charge on any atom is -0.493 e. The lowest BCUT2D eigenvalue weighted by atomic mass is 10.2. The van der Waals surface area contributed by atoms with Crippen LogP contribution >= 0.6 is 0 Å². The molecule has 0 amide bonds. The molecule has 1 aliphatic rings. The van der Waals surface area contributed by atoms with Crippen molar-refractivity contribution in [2.75, 3.05) is 6.61 Å². The van der Waals surface area contributed by atoms with Crippen molar-refractivity contribution >= 4 is 11.2 Å². The number of pyridine rings is 1. The normalized spacial score (nSPS) is 14.0. The van der Waals surface area contributed by atoms with E-state index in [0.29, 0.717) is 22.6 Å². The van der Waals surface area contributed by atoms with E-state index >= 15 is 0 Å². The molecule has 2 aromatic heterocycles. The van der Waals surface area contributed by atoms with E-state index in [2.05, 4.69) is 21.0 Å². The maximum atomic E-state index is 9.12. The van der Waals surface area contributed by atoms with Crippen molar-refractivity contribution in [3.8, 4) is 23.2 Å². The minimum atomic E-state index is 0.549. The number of fused-ring (bicyclic) bond motifs is 1. The van der Waals surface area contributed by atoms with E-state index in [1.807, 2.05) is 24.3 Å². The lowest BCUT2D eigenvalue weighted by molar-refractivity contribution is 0.300. The van der Waals surface area contributed by atoms with Crippen molar-refractivity contribution in [1.82, 2.24) is 15.0 Å². The van der Waals surface area contributed by atoms with E-state index in [9.17, 15) is 0 Å². The van der Waals surface area contributed by atoms with E-state index in [-0.39, 0.29) is 0 Å². The molecule has 108 valence electrons. The third-order valence-electron chi connectivity index (χ3n) is 3.82. The van der Waals surface area contributed by atoms with Crippen LogP contribution in [0.5, 0.6) is 5.75 Å². The molecule has 22 heavy (non-hydrogen) atoms. The van der Waals surface area contributed by atoms with Crippen LogP contribution in [-0.4, -0.2) is 21.6 Å². The van der Waals surface area contributed by atoms with E-state index < -0.39 is 0 Å². The molecule has 5 nitrogen and oxygen atoms in total. The Morgan fingerprint density at radius 2 is 2.05 bits per heavy atom. The zero-order valence-corrected chi connectivity index (χ0v) is 11.9. The third-order valence-corrected chi connectivity index (χ3v) is 3.82. The molecule has 0 saturated heterocycles. The zero-order valence-electron chi connectivity index (χ0n) is 11.9. The molecular formula is C17H14N4O. The molecule has 1 aliphatic carbocycles. The Morgan fingerprint density at radius 3 is 2.77 bits per heavy atom. The Labute approximate surface area is 127 Å². The number of nitriles is 1. The summed E-state index contributed by atoms with van der Waals surface area (Å²) in [5.41, 5.74) is 2.73.